The molecule has 2 saturated heterocycles. The van der Waals surface area contributed by atoms with Crippen molar-refractivity contribution < 1.29 is 33.3 Å². The third-order valence-electron chi connectivity index (χ3n) is 5.76. The van der Waals surface area contributed by atoms with Crippen LogP contribution in [-0.4, -0.2) is 78.4 Å². The molecule has 0 saturated carbocycles. The summed E-state index contributed by atoms with van der Waals surface area (Å²) in [5, 5.41) is 30.1. The lowest BCUT2D eigenvalue weighted by Gasteiger charge is -2.43. The Morgan fingerprint density at radius 1 is 0.933 bits per heavy atom. The first kappa shape index (κ1) is 25.3. The minimum Gasteiger partial charge on any atom is -0.447 e. The van der Waals surface area contributed by atoms with Crippen LogP contribution >= 0.6 is 0 Å². The average molecular weight is 452 g/mol. The summed E-state index contributed by atoms with van der Waals surface area (Å²) in [5.74, 6) is 0. The van der Waals surface area contributed by atoms with Crippen molar-refractivity contribution in [1.82, 2.24) is 14.3 Å². The number of piperidine rings is 1. The lowest BCUT2D eigenvalue weighted by Crippen LogP contribution is -2.70. The number of ether oxygens (including phenoxy) is 1. The molecule has 2 heterocycles. The molecule has 0 aromatic carbocycles. The van der Waals surface area contributed by atoms with Crippen molar-refractivity contribution in [2.24, 2.45) is 0 Å². The van der Waals surface area contributed by atoms with Gasteiger partial charge in [-0.05, 0) is 6.42 Å². The molecular formula is C19H37N3O7S. The topological polar surface area (TPSA) is 148 Å². The van der Waals surface area contributed by atoms with Crippen LogP contribution in [0.2, 0.25) is 0 Å². The smallest absolute Gasteiger partial charge is 0.411 e. The van der Waals surface area contributed by atoms with E-state index in [9.17, 15) is 28.5 Å². The van der Waals surface area contributed by atoms with E-state index in [4.69, 9.17) is 4.74 Å². The molecule has 5 atom stereocenters. The highest BCUT2D eigenvalue weighted by Gasteiger charge is 2.54. The van der Waals surface area contributed by atoms with E-state index in [2.05, 4.69) is 16.4 Å². The van der Waals surface area contributed by atoms with Crippen LogP contribution in [0.25, 0.3) is 0 Å². The van der Waals surface area contributed by atoms with Gasteiger partial charge in [0.25, 0.3) is 10.2 Å². The molecular weight excluding hydrogens is 414 g/mol. The fourth-order valence-electron chi connectivity index (χ4n) is 3.96. The first-order chi connectivity index (χ1) is 14.3. The zero-order valence-electron chi connectivity index (χ0n) is 17.7. The van der Waals surface area contributed by atoms with Gasteiger partial charge in [-0.25, -0.2) is 9.52 Å². The maximum absolute atomic E-state index is 12.3. The van der Waals surface area contributed by atoms with Gasteiger partial charge >= 0.3 is 6.09 Å². The molecule has 11 heteroatoms. The van der Waals surface area contributed by atoms with E-state index in [-0.39, 0.29) is 13.2 Å². The van der Waals surface area contributed by atoms with E-state index >= 15 is 0 Å². The molecule has 5 N–H and O–H groups in total. The highest BCUT2D eigenvalue weighted by atomic mass is 32.2. The van der Waals surface area contributed by atoms with E-state index in [1.165, 1.54) is 38.5 Å². The number of nitrogens with one attached hydrogen (secondary N) is 2. The molecule has 2 aliphatic heterocycles. The van der Waals surface area contributed by atoms with Crippen LogP contribution in [-0.2, 0) is 14.9 Å². The van der Waals surface area contributed by atoms with Crippen LogP contribution in [0.15, 0.2) is 0 Å². The maximum atomic E-state index is 12.3. The van der Waals surface area contributed by atoms with E-state index in [0.29, 0.717) is 6.42 Å². The molecule has 176 valence electrons. The van der Waals surface area contributed by atoms with Crippen molar-refractivity contribution >= 4 is 16.3 Å². The lowest BCUT2D eigenvalue weighted by atomic mass is 9.93. The summed E-state index contributed by atoms with van der Waals surface area (Å²) >= 11 is 0. The number of hydrogen-bond donors (Lipinski definition) is 5. The van der Waals surface area contributed by atoms with Crippen LogP contribution in [0.4, 0.5) is 4.79 Å². The summed E-state index contributed by atoms with van der Waals surface area (Å²) < 4.78 is 34.1. The maximum Gasteiger partial charge on any atom is 0.411 e. The Bertz CT molecular complexity index is 634. The molecule has 0 bridgehead atoms. The predicted octanol–water partition coefficient (Wildman–Crippen LogP) is 0.575. The first-order valence-electron chi connectivity index (χ1n) is 11.0. The Morgan fingerprint density at radius 3 is 2.10 bits per heavy atom. The zero-order valence-corrected chi connectivity index (χ0v) is 18.5. The van der Waals surface area contributed by atoms with Crippen LogP contribution in [0, 0.1) is 0 Å². The number of rotatable bonds is 14. The molecule has 0 radical (unpaired) electrons. The fraction of sp³-hybridized carbons (Fsp3) is 0.947. The van der Waals surface area contributed by atoms with E-state index in [0.717, 1.165) is 24.2 Å². The van der Waals surface area contributed by atoms with Gasteiger partial charge in [-0.15, -0.1) is 0 Å². The molecule has 0 aromatic heterocycles. The number of unbranched alkanes of at least 4 members (excludes halogenated alkanes) is 9. The number of amides is 1. The third-order valence-corrected chi connectivity index (χ3v) is 6.90. The van der Waals surface area contributed by atoms with Crippen LogP contribution in [0.1, 0.15) is 71.1 Å². The van der Waals surface area contributed by atoms with E-state index in [1.54, 1.807) is 0 Å². The number of aliphatic hydroxyl groups excluding tert-OH is 3. The molecule has 2 rings (SSSR count). The average Bonchev–Trinajstić information content (AvgIpc) is 3.09. The number of hydrogen-bond acceptors (Lipinski definition) is 7. The summed E-state index contributed by atoms with van der Waals surface area (Å²) in [7, 11) is -4.03. The highest BCUT2D eigenvalue weighted by molar-refractivity contribution is 7.87. The number of cyclic esters (lactones) is 1. The molecule has 10 nitrogen and oxygen atoms in total. The normalized spacial score (nSPS) is 29.1. The standard InChI is InChI=1S/C19H37N3O7S/c1-2-3-4-5-6-7-8-9-10-11-12-20-30(27,28)21-18-17(25)16(24)15(23)14-13-29-19(26)22(14)18/h14-18,20-21,23-25H,2-13H2,1H3/t14-,15+,16?,17+,18-/m0/s1. The lowest BCUT2D eigenvalue weighted by molar-refractivity contribution is -0.144. The van der Waals surface area contributed by atoms with Crippen molar-refractivity contribution in [3.05, 3.63) is 0 Å². The first-order valence-corrected chi connectivity index (χ1v) is 12.5. The number of carbonyl (C=O) groups excluding carboxylic acids is 1. The molecule has 1 unspecified atom stereocenters. The van der Waals surface area contributed by atoms with Gasteiger partial charge in [-0.3, -0.25) is 4.90 Å². The number of nitrogens with zero attached hydrogens (tertiary/aromatic N) is 1. The zero-order chi connectivity index (χ0) is 22.1. The molecule has 0 aliphatic carbocycles. The molecule has 0 spiro atoms. The van der Waals surface area contributed by atoms with Gasteiger partial charge < -0.3 is 20.1 Å². The summed E-state index contributed by atoms with van der Waals surface area (Å²) in [5.41, 5.74) is 0. The Kier molecular flexibility index (Phi) is 10.2. The third kappa shape index (κ3) is 7.03. The minimum atomic E-state index is -4.03. The van der Waals surface area contributed by atoms with Gasteiger partial charge in [-0.2, -0.15) is 13.1 Å². The van der Waals surface area contributed by atoms with E-state index in [1.807, 2.05) is 0 Å². The summed E-state index contributed by atoms with van der Waals surface area (Å²) in [4.78, 5) is 12.8. The predicted molar refractivity (Wildman–Crippen MR) is 111 cm³/mol. The second kappa shape index (κ2) is 12.2. The van der Waals surface area contributed by atoms with Gasteiger partial charge in [-0.1, -0.05) is 64.7 Å². The van der Waals surface area contributed by atoms with Crippen LogP contribution in [0.3, 0.4) is 0 Å². The largest absolute Gasteiger partial charge is 0.447 e. The summed E-state index contributed by atoms with van der Waals surface area (Å²) in [6, 6.07) is -0.925. The fourth-order valence-corrected chi connectivity index (χ4v) is 5.02. The highest BCUT2D eigenvalue weighted by Crippen LogP contribution is 2.28. The molecule has 0 aromatic rings. The van der Waals surface area contributed by atoms with Gasteiger partial charge in [0.2, 0.25) is 0 Å². The van der Waals surface area contributed by atoms with Gasteiger partial charge in [0.05, 0.1) is 6.04 Å². The number of fused-ring (bicyclic) bond motifs is 1. The van der Waals surface area contributed by atoms with E-state index < -0.39 is 46.8 Å². The molecule has 1 amide bonds. The summed E-state index contributed by atoms with van der Waals surface area (Å²) in [6.45, 7) is 2.24. The van der Waals surface area contributed by atoms with Gasteiger partial charge in [0.15, 0.2) is 0 Å². The van der Waals surface area contributed by atoms with Crippen LogP contribution < -0.4 is 9.44 Å². The Hall–Kier alpha value is -0.980. The minimum absolute atomic E-state index is 0.186. The Morgan fingerprint density at radius 2 is 1.50 bits per heavy atom. The number of aliphatic hydroxyl groups is 3. The van der Waals surface area contributed by atoms with Crippen molar-refractivity contribution in [3.8, 4) is 0 Å². The SMILES string of the molecule is CCCCCCCCCCCCNS(=O)(=O)N[C@@H]1[C@H](O)C(O)[C@H](O)[C@@H]2COC(=O)N12. The van der Waals surface area contributed by atoms with Crippen molar-refractivity contribution in [2.45, 2.75) is 102 Å². The van der Waals surface area contributed by atoms with Gasteiger partial charge in [0.1, 0.15) is 31.1 Å². The quantitative estimate of drug-likeness (QED) is 0.243. The number of carbonyl (C=O) groups is 1. The second-order valence-electron chi connectivity index (χ2n) is 8.17. The van der Waals surface area contributed by atoms with Gasteiger partial charge in [0, 0.05) is 6.54 Å². The Labute approximate surface area is 179 Å². The van der Waals surface area contributed by atoms with Crippen LogP contribution in [0.5, 0.6) is 0 Å². The molecule has 2 fully saturated rings. The monoisotopic (exact) mass is 451 g/mol. The molecule has 30 heavy (non-hydrogen) atoms. The Balaban J connectivity index is 1.69. The molecule has 2 aliphatic rings. The second-order valence-corrected chi connectivity index (χ2v) is 9.70. The van der Waals surface area contributed by atoms with Crippen molar-refractivity contribution in [3.63, 3.8) is 0 Å². The van der Waals surface area contributed by atoms with Crippen molar-refractivity contribution in [2.75, 3.05) is 13.2 Å². The summed E-state index contributed by atoms with van der Waals surface area (Å²) in [6.07, 6.45) is 4.38. The van der Waals surface area contributed by atoms with Crippen molar-refractivity contribution in [1.29, 1.82) is 0 Å².